The van der Waals surface area contributed by atoms with Crippen LogP contribution < -0.4 is 5.32 Å². The monoisotopic (exact) mass is 237 g/mol. The molecular weight excluding hydrogens is 223 g/mol. The van der Waals surface area contributed by atoms with Gasteiger partial charge < -0.3 is 5.11 Å². The highest BCUT2D eigenvalue weighted by Crippen LogP contribution is 2.50. The van der Waals surface area contributed by atoms with Gasteiger partial charge in [-0.25, -0.2) is 0 Å². The quantitative estimate of drug-likeness (QED) is 0.577. The van der Waals surface area contributed by atoms with E-state index in [0.29, 0.717) is 0 Å². The van der Waals surface area contributed by atoms with Crippen molar-refractivity contribution >= 4 is 19.9 Å². The van der Waals surface area contributed by atoms with Gasteiger partial charge in [0.2, 0.25) is 6.23 Å². The van der Waals surface area contributed by atoms with Crippen LogP contribution >= 0.6 is 19.9 Å². The lowest BCUT2D eigenvalue weighted by molar-refractivity contribution is -0.212. The molecule has 0 heterocycles. The Balaban J connectivity index is 3.90. The second-order valence-corrected chi connectivity index (χ2v) is 10.1. The standard InChI is InChI=1S/C6H14F3NOS2/c1-12-13(2,3)4-10-5(11)6(7,8)9/h5,10-11H,4H2,1-3H3. The third-order valence-corrected chi connectivity index (χ3v) is 6.21. The van der Waals surface area contributed by atoms with Crippen molar-refractivity contribution in [1.29, 1.82) is 0 Å². The number of nitrogens with one attached hydrogen (secondary N) is 1. The molecule has 7 heteroatoms. The summed E-state index contributed by atoms with van der Waals surface area (Å²) in [5.74, 6) is 0.189. The highest BCUT2D eigenvalue weighted by Gasteiger charge is 2.38. The number of rotatable bonds is 4. The molecule has 82 valence electrons. The fourth-order valence-electron chi connectivity index (χ4n) is 0.454. The number of alkyl halides is 3. The molecular formula is C6H14F3NOS2. The van der Waals surface area contributed by atoms with Crippen molar-refractivity contribution in [3.63, 3.8) is 0 Å². The summed E-state index contributed by atoms with van der Waals surface area (Å²) in [5.41, 5.74) is 0. The molecule has 0 aliphatic heterocycles. The number of hydrogen-bond donors (Lipinski definition) is 2. The second kappa shape index (κ2) is 4.77. The van der Waals surface area contributed by atoms with E-state index in [0.717, 1.165) is 0 Å². The molecule has 0 aromatic rings. The zero-order valence-corrected chi connectivity index (χ0v) is 9.32. The van der Waals surface area contributed by atoms with Gasteiger partial charge in [0, 0.05) is 5.88 Å². The smallest absolute Gasteiger partial charge is 0.370 e. The minimum Gasteiger partial charge on any atom is -0.370 e. The first-order valence-corrected chi connectivity index (χ1v) is 7.80. The van der Waals surface area contributed by atoms with E-state index in [1.807, 2.05) is 18.8 Å². The first-order chi connectivity index (χ1) is 5.69. The molecule has 0 fully saturated rings. The van der Waals surface area contributed by atoms with Crippen molar-refractivity contribution in [1.82, 2.24) is 5.32 Å². The van der Waals surface area contributed by atoms with Crippen LogP contribution in [0.2, 0.25) is 0 Å². The van der Waals surface area contributed by atoms with E-state index in [1.54, 1.807) is 0 Å². The lowest BCUT2D eigenvalue weighted by atomic mass is 10.6. The van der Waals surface area contributed by atoms with Crippen molar-refractivity contribution in [3.05, 3.63) is 0 Å². The molecule has 0 aliphatic carbocycles. The lowest BCUT2D eigenvalue weighted by Crippen LogP contribution is -2.42. The highest BCUT2D eigenvalue weighted by atomic mass is 33.2. The van der Waals surface area contributed by atoms with Gasteiger partial charge in [0.05, 0.1) is 0 Å². The highest BCUT2D eigenvalue weighted by molar-refractivity contribution is 8.93. The van der Waals surface area contributed by atoms with Crippen molar-refractivity contribution < 1.29 is 18.3 Å². The molecule has 1 unspecified atom stereocenters. The molecule has 0 aliphatic rings. The number of hydrogen-bond acceptors (Lipinski definition) is 3. The van der Waals surface area contributed by atoms with Crippen LogP contribution in [0.3, 0.4) is 0 Å². The average Bonchev–Trinajstić information content (AvgIpc) is 1.98. The lowest BCUT2D eigenvalue weighted by Gasteiger charge is -2.30. The largest absolute Gasteiger partial charge is 0.427 e. The average molecular weight is 237 g/mol. The predicted octanol–water partition coefficient (Wildman–Crippen LogP) is 1.76. The fourth-order valence-corrected chi connectivity index (χ4v) is 1.69. The summed E-state index contributed by atoms with van der Waals surface area (Å²) >= 11 is 0. The van der Waals surface area contributed by atoms with Gasteiger partial charge in [-0.1, -0.05) is 0 Å². The third-order valence-electron chi connectivity index (χ3n) is 1.39. The van der Waals surface area contributed by atoms with E-state index >= 15 is 0 Å². The van der Waals surface area contributed by atoms with Crippen LogP contribution in [0.4, 0.5) is 13.2 Å². The van der Waals surface area contributed by atoms with E-state index in [9.17, 15) is 13.2 Å². The molecule has 13 heavy (non-hydrogen) atoms. The van der Waals surface area contributed by atoms with Gasteiger partial charge >= 0.3 is 6.18 Å². The molecule has 0 saturated carbocycles. The van der Waals surface area contributed by atoms with Crippen molar-refractivity contribution in [2.24, 2.45) is 0 Å². The van der Waals surface area contributed by atoms with Crippen LogP contribution in [0.15, 0.2) is 0 Å². The molecule has 0 aromatic carbocycles. The van der Waals surface area contributed by atoms with E-state index in [-0.39, 0.29) is 5.88 Å². The Morgan fingerprint density at radius 1 is 1.46 bits per heavy atom. The summed E-state index contributed by atoms with van der Waals surface area (Å²) in [7, 11) is 0.393. The maximum absolute atomic E-state index is 11.8. The van der Waals surface area contributed by atoms with Gasteiger partial charge in [0.25, 0.3) is 0 Å². The first kappa shape index (κ1) is 13.4. The zero-order valence-electron chi connectivity index (χ0n) is 7.68. The summed E-state index contributed by atoms with van der Waals surface area (Å²) in [4.78, 5) is 0. The van der Waals surface area contributed by atoms with E-state index in [1.165, 1.54) is 10.8 Å². The minimum atomic E-state index is -4.58. The third kappa shape index (κ3) is 5.66. The van der Waals surface area contributed by atoms with E-state index in [4.69, 9.17) is 5.11 Å². The predicted molar refractivity (Wildman–Crippen MR) is 53.0 cm³/mol. The SMILES string of the molecule is CSS(C)(C)CNC(O)C(F)(F)F. The van der Waals surface area contributed by atoms with Gasteiger partial charge in [-0.3, -0.25) is 5.32 Å². The van der Waals surface area contributed by atoms with Gasteiger partial charge in [-0.2, -0.15) is 22.2 Å². The molecule has 0 rings (SSSR count). The topological polar surface area (TPSA) is 32.3 Å². The number of halogens is 3. The summed E-state index contributed by atoms with van der Waals surface area (Å²) in [6.07, 6.45) is -1.38. The minimum absolute atomic E-state index is 0.189. The molecule has 0 spiro atoms. The van der Waals surface area contributed by atoms with Gasteiger partial charge in [0.1, 0.15) is 0 Å². The molecule has 0 amide bonds. The Hall–Kier alpha value is 0.410. The maximum atomic E-state index is 11.8. The normalized spacial score (nSPS) is 17.2. The molecule has 0 aromatic heterocycles. The summed E-state index contributed by atoms with van der Waals surface area (Å²) in [5, 5.41) is 10.7. The molecule has 0 saturated heterocycles. The Morgan fingerprint density at radius 3 is 2.23 bits per heavy atom. The van der Waals surface area contributed by atoms with Crippen LogP contribution in [0.25, 0.3) is 0 Å². The van der Waals surface area contributed by atoms with Crippen molar-refractivity contribution in [2.75, 3.05) is 24.6 Å². The van der Waals surface area contributed by atoms with Crippen LogP contribution in [-0.4, -0.2) is 42.2 Å². The molecule has 2 nitrogen and oxygen atoms in total. The van der Waals surface area contributed by atoms with Crippen LogP contribution in [0, 0.1) is 0 Å². The van der Waals surface area contributed by atoms with E-state index < -0.39 is 21.5 Å². The Labute approximate surface area is 81.0 Å². The fraction of sp³-hybridized carbons (Fsp3) is 1.00. The van der Waals surface area contributed by atoms with Crippen molar-refractivity contribution in [3.8, 4) is 0 Å². The maximum Gasteiger partial charge on any atom is 0.427 e. The number of aliphatic hydroxyl groups excluding tert-OH is 1. The molecule has 0 radical (unpaired) electrons. The summed E-state index contributed by atoms with van der Waals surface area (Å²) in [6.45, 7) is 0. The van der Waals surface area contributed by atoms with Crippen LogP contribution in [0.1, 0.15) is 0 Å². The molecule has 1 atom stereocenters. The Morgan fingerprint density at radius 2 is 1.92 bits per heavy atom. The van der Waals surface area contributed by atoms with Gasteiger partial charge in [-0.05, 0) is 18.8 Å². The van der Waals surface area contributed by atoms with Crippen molar-refractivity contribution in [2.45, 2.75) is 12.4 Å². The van der Waals surface area contributed by atoms with Gasteiger partial charge in [0.15, 0.2) is 0 Å². The first-order valence-electron chi connectivity index (χ1n) is 3.44. The molecule has 2 N–H and O–H groups in total. The Kier molecular flexibility index (Phi) is 4.92. The van der Waals surface area contributed by atoms with Gasteiger partial charge in [-0.15, -0.1) is 10.8 Å². The zero-order chi connectivity index (χ0) is 10.7. The van der Waals surface area contributed by atoms with Crippen LogP contribution in [-0.2, 0) is 0 Å². The number of aliphatic hydroxyl groups is 1. The Bertz CT molecular complexity index is 162. The van der Waals surface area contributed by atoms with Crippen LogP contribution in [0.5, 0.6) is 0 Å². The molecule has 0 bridgehead atoms. The van der Waals surface area contributed by atoms with E-state index in [2.05, 4.69) is 5.32 Å². The summed E-state index contributed by atoms with van der Waals surface area (Å²) in [6, 6.07) is 0. The second-order valence-electron chi connectivity index (χ2n) is 2.90. The summed E-state index contributed by atoms with van der Waals surface area (Å²) < 4.78 is 35.5.